The second-order valence-electron chi connectivity index (χ2n) is 8.76. The number of nitrogens with one attached hydrogen (secondary N) is 3. The van der Waals surface area contributed by atoms with Crippen LogP contribution >= 0.6 is 11.3 Å². The van der Waals surface area contributed by atoms with Crippen molar-refractivity contribution in [1.29, 1.82) is 0 Å². The number of nitrogens with zero attached hydrogens (tertiary/aromatic N) is 4. The van der Waals surface area contributed by atoms with E-state index in [1.165, 1.54) is 0 Å². The van der Waals surface area contributed by atoms with Crippen LogP contribution in [0.2, 0.25) is 0 Å². The summed E-state index contributed by atoms with van der Waals surface area (Å²) in [6.07, 6.45) is 7.38. The first-order valence-electron chi connectivity index (χ1n) is 12.0. The smallest absolute Gasteiger partial charge is 0.181 e. The van der Waals surface area contributed by atoms with Crippen molar-refractivity contribution in [3.63, 3.8) is 0 Å². The number of aliphatic hydroxyl groups excluding tert-OH is 1. The van der Waals surface area contributed by atoms with Gasteiger partial charge in [-0.3, -0.25) is 10.1 Å². The minimum atomic E-state index is -0.602. The molecule has 0 spiro atoms. The van der Waals surface area contributed by atoms with Crippen molar-refractivity contribution in [1.82, 2.24) is 30.1 Å². The molecule has 0 radical (unpaired) electrons. The molecular formula is C27H25N7OS. The molecule has 6 aromatic rings. The Kier molecular flexibility index (Phi) is 5.92. The van der Waals surface area contributed by atoms with E-state index in [0.29, 0.717) is 17.9 Å². The molecule has 1 aromatic carbocycles. The number of hydrogen-bond acceptors (Lipinski definition) is 7. The van der Waals surface area contributed by atoms with E-state index < -0.39 is 6.23 Å². The quantitative estimate of drug-likeness (QED) is 0.187. The molecule has 1 unspecified atom stereocenters. The molecule has 1 atom stereocenters. The van der Waals surface area contributed by atoms with Crippen LogP contribution in [0.1, 0.15) is 26.2 Å². The number of aromatic nitrogens is 6. The molecule has 0 fully saturated rings. The molecule has 4 N–H and O–H groups in total. The fourth-order valence-electron chi connectivity index (χ4n) is 4.38. The predicted octanol–water partition coefficient (Wildman–Crippen LogP) is 6.21. The molecule has 0 amide bonds. The van der Waals surface area contributed by atoms with E-state index in [9.17, 15) is 5.11 Å². The highest BCUT2D eigenvalue weighted by Crippen LogP contribution is 2.33. The Hall–Kier alpha value is -4.08. The first-order chi connectivity index (χ1) is 17.7. The molecule has 0 bridgehead atoms. The molecular weight excluding hydrogens is 470 g/mol. The number of aromatic amines is 2. The van der Waals surface area contributed by atoms with Crippen LogP contribution in [0.4, 0.5) is 5.69 Å². The van der Waals surface area contributed by atoms with Gasteiger partial charge in [0.1, 0.15) is 11.9 Å². The SMILES string of the molecule is CCCCC(O)Nc1cncc(-c2cnc3n[nH]c(-c4nc5c(-c6ccsc6)cccc5[nH]4)c3c2)c1. The van der Waals surface area contributed by atoms with Crippen LogP contribution < -0.4 is 5.32 Å². The zero-order valence-corrected chi connectivity index (χ0v) is 20.5. The highest BCUT2D eigenvalue weighted by Gasteiger charge is 2.16. The Morgan fingerprint density at radius 2 is 2.00 bits per heavy atom. The van der Waals surface area contributed by atoms with Gasteiger partial charge in [-0.15, -0.1) is 0 Å². The Morgan fingerprint density at radius 3 is 2.86 bits per heavy atom. The van der Waals surface area contributed by atoms with Crippen molar-refractivity contribution in [3.8, 4) is 33.8 Å². The van der Waals surface area contributed by atoms with E-state index in [1.807, 2.05) is 24.3 Å². The molecule has 180 valence electrons. The number of rotatable bonds is 8. The molecule has 9 heteroatoms. The van der Waals surface area contributed by atoms with Crippen molar-refractivity contribution in [2.45, 2.75) is 32.4 Å². The third-order valence-corrected chi connectivity index (χ3v) is 6.91. The molecule has 6 rings (SSSR count). The summed E-state index contributed by atoms with van der Waals surface area (Å²) in [6.45, 7) is 2.11. The maximum absolute atomic E-state index is 10.2. The largest absolute Gasteiger partial charge is 0.374 e. The van der Waals surface area contributed by atoms with Crippen molar-refractivity contribution < 1.29 is 5.11 Å². The number of thiophene rings is 1. The van der Waals surface area contributed by atoms with Crippen molar-refractivity contribution in [2.75, 3.05) is 5.32 Å². The predicted molar refractivity (Wildman–Crippen MR) is 145 cm³/mol. The lowest BCUT2D eigenvalue weighted by molar-refractivity contribution is 0.190. The average Bonchev–Trinajstić information content (AvgIpc) is 3.66. The van der Waals surface area contributed by atoms with Crippen LogP contribution in [0.3, 0.4) is 0 Å². The fraction of sp³-hybridized carbons (Fsp3) is 0.185. The Labute approximate surface area is 211 Å². The maximum atomic E-state index is 10.2. The molecule has 0 saturated carbocycles. The Morgan fingerprint density at radius 1 is 1.08 bits per heavy atom. The number of aliphatic hydroxyl groups is 1. The average molecular weight is 496 g/mol. The molecule has 0 aliphatic carbocycles. The van der Waals surface area contributed by atoms with Gasteiger partial charge in [0.15, 0.2) is 11.5 Å². The molecule has 8 nitrogen and oxygen atoms in total. The summed E-state index contributed by atoms with van der Waals surface area (Å²) < 4.78 is 0. The fourth-order valence-corrected chi connectivity index (χ4v) is 5.03. The molecule has 0 aliphatic rings. The van der Waals surface area contributed by atoms with Gasteiger partial charge >= 0.3 is 0 Å². The van der Waals surface area contributed by atoms with E-state index in [-0.39, 0.29) is 0 Å². The van der Waals surface area contributed by atoms with Crippen molar-refractivity contribution in [2.24, 2.45) is 0 Å². The van der Waals surface area contributed by atoms with E-state index in [0.717, 1.165) is 62.9 Å². The lowest BCUT2D eigenvalue weighted by Gasteiger charge is -2.14. The Balaban J connectivity index is 1.36. The highest BCUT2D eigenvalue weighted by molar-refractivity contribution is 7.08. The van der Waals surface area contributed by atoms with Crippen LogP contribution in [0.15, 0.2) is 65.7 Å². The summed E-state index contributed by atoms with van der Waals surface area (Å²) in [4.78, 5) is 17.3. The minimum Gasteiger partial charge on any atom is -0.374 e. The number of pyridine rings is 2. The standard InChI is InChI=1S/C27H25N7OS/c1-2-3-7-23(35)30-19-10-17(12-28-14-19)18-11-21-25(33-34-26(21)29-13-18)27-31-22-6-4-5-20(24(22)32-27)16-8-9-36-15-16/h4-6,8-15,23,30,35H,2-3,7H2,1H3,(H,31,32)(H,29,33,34). The van der Waals surface area contributed by atoms with E-state index in [4.69, 9.17) is 4.98 Å². The molecule has 36 heavy (non-hydrogen) atoms. The third-order valence-electron chi connectivity index (χ3n) is 6.23. The number of anilines is 1. The zero-order valence-electron chi connectivity index (χ0n) is 19.7. The molecule has 0 aliphatic heterocycles. The number of fused-ring (bicyclic) bond motifs is 2. The maximum Gasteiger partial charge on any atom is 0.181 e. The number of unbranched alkanes of at least 4 members (excludes halogenated alkanes) is 1. The molecule has 0 saturated heterocycles. The summed E-state index contributed by atoms with van der Waals surface area (Å²) in [5.74, 6) is 0.710. The van der Waals surface area contributed by atoms with Crippen molar-refractivity contribution >= 4 is 39.1 Å². The number of H-pyrrole nitrogens is 2. The van der Waals surface area contributed by atoms with Crippen LogP contribution in [-0.2, 0) is 0 Å². The summed E-state index contributed by atoms with van der Waals surface area (Å²) >= 11 is 1.67. The lowest BCUT2D eigenvalue weighted by atomic mass is 10.1. The second kappa shape index (κ2) is 9.52. The normalized spacial score (nSPS) is 12.4. The van der Waals surface area contributed by atoms with Gasteiger partial charge < -0.3 is 15.4 Å². The van der Waals surface area contributed by atoms with Gasteiger partial charge in [-0.2, -0.15) is 16.4 Å². The third kappa shape index (κ3) is 4.23. The van der Waals surface area contributed by atoms with Crippen molar-refractivity contribution in [3.05, 3.63) is 65.7 Å². The summed E-state index contributed by atoms with van der Waals surface area (Å²) in [6, 6.07) is 12.3. The number of para-hydroxylation sites is 1. The van der Waals surface area contributed by atoms with Gasteiger partial charge in [0.25, 0.3) is 0 Å². The first kappa shape index (κ1) is 22.4. The van der Waals surface area contributed by atoms with Crippen LogP contribution in [0.5, 0.6) is 0 Å². The monoisotopic (exact) mass is 495 g/mol. The lowest BCUT2D eigenvalue weighted by Crippen LogP contribution is -2.18. The molecule has 5 heterocycles. The highest BCUT2D eigenvalue weighted by atomic mass is 32.1. The zero-order chi connectivity index (χ0) is 24.5. The van der Waals surface area contributed by atoms with E-state index in [1.54, 1.807) is 29.9 Å². The molecule has 5 aromatic heterocycles. The topological polar surface area (TPSA) is 115 Å². The van der Waals surface area contributed by atoms with Gasteiger partial charge in [0.05, 0.1) is 28.3 Å². The van der Waals surface area contributed by atoms with Crippen LogP contribution in [0.25, 0.3) is 55.8 Å². The number of hydrogen-bond donors (Lipinski definition) is 4. The van der Waals surface area contributed by atoms with Gasteiger partial charge in [0.2, 0.25) is 0 Å². The minimum absolute atomic E-state index is 0.602. The number of imidazole rings is 1. The van der Waals surface area contributed by atoms with E-state index >= 15 is 0 Å². The van der Waals surface area contributed by atoms with Gasteiger partial charge in [-0.25, -0.2) is 9.97 Å². The van der Waals surface area contributed by atoms with Gasteiger partial charge in [0, 0.05) is 29.1 Å². The summed E-state index contributed by atoms with van der Waals surface area (Å²) in [7, 11) is 0. The number of benzene rings is 1. The van der Waals surface area contributed by atoms with Crippen LogP contribution in [0, 0.1) is 0 Å². The summed E-state index contributed by atoms with van der Waals surface area (Å²) in [5, 5.41) is 26.0. The van der Waals surface area contributed by atoms with Crippen LogP contribution in [-0.4, -0.2) is 41.5 Å². The van der Waals surface area contributed by atoms with Gasteiger partial charge in [-0.05, 0) is 53.4 Å². The Bertz CT molecular complexity index is 1640. The second-order valence-corrected chi connectivity index (χ2v) is 9.54. The van der Waals surface area contributed by atoms with E-state index in [2.05, 4.69) is 60.3 Å². The first-order valence-corrected chi connectivity index (χ1v) is 12.9. The van der Waals surface area contributed by atoms with Gasteiger partial charge in [-0.1, -0.05) is 25.5 Å². The summed E-state index contributed by atoms with van der Waals surface area (Å²) in [5.41, 5.74) is 8.09.